The highest BCUT2D eigenvalue weighted by Crippen LogP contribution is 2.39. The number of rotatable bonds is 7. The van der Waals surface area contributed by atoms with Gasteiger partial charge in [0.2, 0.25) is 10.0 Å². The summed E-state index contributed by atoms with van der Waals surface area (Å²) in [6.07, 6.45) is 2.69. The van der Waals surface area contributed by atoms with E-state index in [0.717, 1.165) is 23.8 Å². The summed E-state index contributed by atoms with van der Waals surface area (Å²) >= 11 is 0. The van der Waals surface area contributed by atoms with Crippen LogP contribution < -0.4 is 9.46 Å². The van der Waals surface area contributed by atoms with Crippen molar-refractivity contribution in [1.29, 1.82) is 10.5 Å². The molecule has 1 N–H and O–H groups in total. The molecule has 0 saturated heterocycles. The van der Waals surface area contributed by atoms with Gasteiger partial charge in [0.15, 0.2) is 6.61 Å². The normalized spacial score (nSPS) is 11.6. The van der Waals surface area contributed by atoms with E-state index in [2.05, 4.69) is 4.72 Å². The molecule has 10 heteroatoms. The third-order valence-electron chi connectivity index (χ3n) is 5.19. The van der Waals surface area contributed by atoms with Gasteiger partial charge in [-0.1, -0.05) is 18.2 Å². The first kappa shape index (κ1) is 23.7. The van der Waals surface area contributed by atoms with E-state index in [0.29, 0.717) is 16.9 Å². The van der Waals surface area contributed by atoms with Crippen LogP contribution in [0.25, 0.3) is 16.6 Å². The first-order valence-corrected chi connectivity index (χ1v) is 12.1. The number of anilines is 1. The first-order chi connectivity index (χ1) is 16.6. The molecule has 7 nitrogen and oxygen atoms in total. The minimum absolute atomic E-state index is 0.0578. The fraction of sp³-hybridized carbons (Fsp3) is 0.120. The smallest absolute Gasteiger partial charge is 0.298 e. The molecule has 1 aromatic heterocycles. The number of aromatic nitrogens is 1. The van der Waals surface area contributed by atoms with Crippen molar-refractivity contribution in [1.82, 2.24) is 4.57 Å². The molecular formula is C25H18F2N4O3S. The Hall–Kier alpha value is -4.41. The van der Waals surface area contributed by atoms with Gasteiger partial charge < -0.3 is 9.30 Å². The van der Waals surface area contributed by atoms with Gasteiger partial charge in [0.1, 0.15) is 11.8 Å². The van der Waals surface area contributed by atoms with E-state index in [1.54, 1.807) is 35.0 Å². The van der Waals surface area contributed by atoms with Gasteiger partial charge >= 0.3 is 0 Å². The average molecular weight is 493 g/mol. The molecule has 0 atom stereocenters. The van der Waals surface area contributed by atoms with Crippen LogP contribution >= 0.6 is 0 Å². The molecule has 0 radical (unpaired) electrons. The van der Waals surface area contributed by atoms with Crippen LogP contribution in [0.3, 0.4) is 0 Å². The summed E-state index contributed by atoms with van der Waals surface area (Å²) in [6.45, 7) is -0.340. The molecule has 0 unspecified atom stereocenters. The van der Waals surface area contributed by atoms with Crippen molar-refractivity contribution in [3.05, 3.63) is 89.6 Å². The van der Waals surface area contributed by atoms with E-state index < -0.39 is 21.5 Å². The predicted octanol–water partition coefficient (Wildman–Crippen LogP) is 4.92. The lowest BCUT2D eigenvalue weighted by molar-refractivity contribution is 0.0425. The lowest BCUT2D eigenvalue weighted by Gasteiger charge is -2.20. The second-order valence-electron chi connectivity index (χ2n) is 7.76. The van der Waals surface area contributed by atoms with E-state index in [1.807, 2.05) is 12.1 Å². The van der Waals surface area contributed by atoms with Crippen molar-refractivity contribution in [2.45, 2.75) is 5.92 Å². The van der Waals surface area contributed by atoms with Crippen molar-refractivity contribution >= 4 is 26.6 Å². The quantitative estimate of drug-likeness (QED) is 0.394. The molecule has 0 aliphatic heterocycles. The molecule has 4 rings (SSSR count). The van der Waals surface area contributed by atoms with Crippen molar-refractivity contribution in [3.63, 3.8) is 0 Å². The van der Waals surface area contributed by atoms with Crippen LogP contribution in [0.1, 0.15) is 16.7 Å². The summed E-state index contributed by atoms with van der Waals surface area (Å²) < 4.78 is 63.8. The SMILES string of the molecule is CS(=O)(=O)Nc1ccc2ccn(-c3cc(OCC#N)cc(C(F)(F)c4cccc(C#N)c4)c3)c2c1. The Kier molecular flexibility index (Phi) is 6.16. The Morgan fingerprint density at radius 1 is 1.03 bits per heavy atom. The van der Waals surface area contributed by atoms with Gasteiger partial charge in [-0.3, -0.25) is 4.72 Å². The summed E-state index contributed by atoms with van der Waals surface area (Å²) in [5, 5.41) is 18.8. The van der Waals surface area contributed by atoms with Crippen molar-refractivity contribution in [2.75, 3.05) is 17.6 Å². The van der Waals surface area contributed by atoms with E-state index >= 15 is 8.78 Å². The van der Waals surface area contributed by atoms with Gasteiger partial charge in [0.25, 0.3) is 5.92 Å². The Bertz CT molecular complexity index is 1620. The minimum atomic E-state index is -3.52. The number of nitriles is 2. The number of fused-ring (bicyclic) bond motifs is 1. The minimum Gasteiger partial charge on any atom is -0.479 e. The molecular weight excluding hydrogens is 474 g/mol. The first-order valence-electron chi connectivity index (χ1n) is 10.2. The van der Waals surface area contributed by atoms with Crippen molar-refractivity contribution in [3.8, 4) is 23.6 Å². The zero-order valence-corrected chi connectivity index (χ0v) is 19.2. The van der Waals surface area contributed by atoms with Gasteiger partial charge in [-0.25, -0.2) is 8.42 Å². The summed E-state index contributed by atoms with van der Waals surface area (Å²) in [7, 11) is -3.52. The largest absolute Gasteiger partial charge is 0.479 e. The Labute approximate surface area is 200 Å². The highest BCUT2D eigenvalue weighted by Gasteiger charge is 2.35. The predicted molar refractivity (Wildman–Crippen MR) is 127 cm³/mol. The maximum Gasteiger partial charge on any atom is 0.298 e. The average Bonchev–Trinajstić information content (AvgIpc) is 3.25. The van der Waals surface area contributed by atoms with Crippen LogP contribution in [0.4, 0.5) is 14.5 Å². The molecule has 4 aromatic rings. The van der Waals surface area contributed by atoms with Crippen LogP contribution in [0.5, 0.6) is 5.75 Å². The maximum atomic E-state index is 15.6. The molecule has 0 aliphatic rings. The second-order valence-corrected chi connectivity index (χ2v) is 9.51. The van der Waals surface area contributed by atoms with Crippen LogP contribution in [-0.4, -0.2) is 25.8 Å². The highest BCUT2D eigenvalue weighted by atomic mass is 32.2. The molecule has 3 aromatic carbocycles. The maximum absolute atomic E-state index is 15.6. The molecule has 0 fully saturated rings. The van der Waals surface area contributed by atoms with Gasteiger partial charge in [-0.15, -0.1) is 0 Å². The Morgan fingerprint density at radius 3 is 2.54 bits per heavy atom. The van der Waals surface area contributed by atoms with Crippen molar-refractivity contribution < 1.29 is 21.9 Å². The number of hydrogen-bond acceptors (Lipinski definition) is 5. The van der Waals surface area contributed by atoms with E-state index in [4.69, 9.17) is 15.3 Å². The molecule has 0 amide bonds. The lowest BCUT2D eigenvalue weighted by Crippen LogP contribution is -2.16. The molecule has 0 spiro atoms. The summed E-state index contributed by atoms with van der Waals surface area (Å²) in [5.41, 5.74) is 0.536. The number of hydrogen-bond donors (Lipinski definition) is 1. The summed E-state index contributed by atoms with van der Waals surface area (Å²) in [6, 6.07) is 19.5. The number of benzene rings is 3. The van der Waals surface area contributed by atoms with Crippen LogP contribution in [0.2, 0.25) is 0 Å². The zero-order chi connectivity index (χ0) is 25.2. The summed E-state index contributed by atoms with van der Waals surface area (Å²) in [4.78, 5) is 0. The number of alkyl halides is 2. The van der Waals surface area contributed by atoms with Gasteiger partial charge in [-0.2, -0.15) is 19.3 Å². The number of sulfonamides is 1. The fourth-order valence-electron chi connectivity index (χ4n) is 3.68. The second kappa shape index (κ2) is 9.09. The molecule has 176 valence electrons. The standard InChI is InChI=1S/C25H18F2N4O3S/c1-35(32,33)30-21-6-5-18-7-9-31(24(18)14-21)22-12-20(13-23(15-22)34-10-8-28)25(26,27)19-4-2-3-17(11-19)16-29/h2-7,9,11-15,30H,10H2,1H3. The van der Waals surface area contributed by atoms with Gasteiger partial charge in [-0.05, 0) is 42.5 Å². The van der Waals surface area contributed by atoms with Gasteiger partial charge in [0.05, 0.1) is 29.1 Å². The molecule has 35 heavy (non-hydrogen) atoms. The number of halogens is 2. The zero-order valence-electron chi connectivity index (χ0n) is 18.4. The van der Waals surface area contributed by atoms with Crippen LogP contribution in [0, 0.1) is 22.7 Å². The van der Waals surface area contributed by atoms with E-state index in [1.165, 1.54) is 30.3 Å². The molecule has 0 saturated carbocycles. The van der Waals surface area contributed by atoms with Crippen LogP contribution in [-0.2, 0) is 15.9 Å². The lowest BCUT2D eigenvalue weighted by atomic mass is 9.98. The molecule has 0 bridgehead atoms. The topological polar surface area (TPSA) is 108 Å². The third-order valence-corrected chi connectivity index (χ3v) is 5.79. The fourth-order valence-corrected chi connectivity index (χ4v) is 4.24. The summed E-state index contributed by atoms with van der Waals surface area (Å²) in [5.74, 6) is -3.41. The molecule has 1 heterocycles. The number of nitrogens with zero attached hydrogens (tertiary/aromatic N) is 3. The monoisotopic (exact) mass is 492 g/mol. The molecule has 0 aliphatic carbocycles. The third kappa shape index (κ3) is 5.08. The highest BCUT2D eigenvalue weighted by molar-refractivity contribution is 7.92. The van der Waals surface area contributed by atoms with Crippen molar-refractivity contribution in [2.24, 2.45) is 0 Å². The number of ether oxygens (including phenoxy) is 1. The number of nitrogens with one attached hydrogen (secondary N) is 1. The van der Waals surface area contributed by atoms with Gasteiger partial charge in [0, 0.05) is 34.5 Å². The van der Waals surface area contributed by atoms with E-state index in [-0.39, 0.29) is 23.5 Å². The Balaban J connectivity index is 1.87. The Morgan fingerprint density at radius 2 is 1.83 bits per heavy atom. The van der Waals surface area contributed by atoms with Crippen LogP contribution in [0.15, 0.2) is 72.9 Å². The van der Waals surface area contributed by atoms with E-state index in [9.17, 15) is 8.42 Å².